The molecule has 21 heavy (non-hydrogen) atoms. The Kier molecular flexibility index (Phi) is 23.6. The lowest BCUT2D eigenvalue weighted by molar-refractivity contribution is 0.627. The van der Waals surface area contributed by atoms with Crippen LogP contribution in [-0.2, 0) is 0 Å². The molecular formula is C16H34S5. The van der Waals surface area contributed by atoms with E-state index in [4.69, 9.17) is 0 Å². The summed E-state index contributed by atoms with van der Waals surface area (Å²) >= 11 is 0. The molecule has 0 rings (SSSR count). The highest BCUT2D eigenvalue weighted by atomic mass is 33.8. The molecule has 128 valence electrons. The molecule has 0 radical (unpaired) electrons. The molecule has 0 aromatic heterocycles. The van der Waals surface area contributed by atoms with Gasteiger partial charge < -0.3 is 0 Å². The van der Waals surface area contributed by atoms with E-state index in [1.807, 2.05) is 51.1 Å². The molecule has 0 spiro atoms. The zero-order valence-electron chi connectivity index (χ0n) is 13.9. The summed E-state index contributed by atoms with van der Waals surface area (Å²) in [5.41, 5.74) is 0. The van der Waals surface area contributed by atoms with Crippen molar-refractivity contribution in [2.75, 3.05) is 11.5 Å². The molecule has 0 aromatic rings. The zero-order valence-corrected chi connectivity index (χ0v) is 18.0. The molecule has 0 fully saturated rings. The SMILES string of the molecule is CCCCCCCCSSSSSCCCCCCCC. The van der Waals surface area contributed by atoms with Crippen LogP contribution in [0.4, 0.5) is 0 Å². The third-order valence-electron chi connectivity index (χ3n) is 3.31. The zero-order chi connectivity index (χ0) is 15.4. The first-order chi connectivity index (χ1) is 10.4. The van der Waals surface area contributed by atoms with Crippen molar-refractivity contribution in [3.8, 4) is 0 Å². The fourth-order valence-electron chi connectivity index (χ4n) is 2.00. The first-order valence-corrected chi connectivity index (χ1v) is 15.1. The molecule has 0 saturated carbocycles. The van der Waals surface area contributed by atoms with Crippen molar-refractivity contribution >= 4 is 51.1 Å². The van der Waals surface area contributed by atoms with Crippen molar-refractivity contribution in [2.24, 2.45) is 0 Å². The van der Waals surface area contributed by atoms with Crippen LogP contribution in [-0.4, -0.2) is 11.5 Å². The summed E-state index contributed by atoms with van der Waals surface area (Å²) in [6.07, 6.45) is 17.0. The summed E-state index contributed by atoms with van der Waals surface area (Å²) < 4.78 is 0. The Morgan fingerprint density at radius 3 is 1.24 bits per heavy atom. The van der Waals surface area contributed by atoms with Crippen LogP contribution in [0.5, 0.6) is 0 Å². The van der Waals surface area contributed by atoms with E-state index >= 15 is 0 Å². The predicted octanol–water partition coefficient (Wildman–Crippen LogP) is 9.03. The molecule has 0 atom stereocenters. The van der Waals surface area contributed by atoms with Gasteiger partial charge in [-0.15, -0.1) is 0 Å². The Labute approximate surface area is 152 Å². The van der Waals surface area contributed by atoms with E-state index < -0.39 is 0 Å². The first-order valence-electron chi connectivity index (χ1n) is 8.66. The van der Waals surface area contributed by atoms with E-state index in [2.05, 4.69) is 13.8 Å². The fourth-order valence-corrected chi connectivity index (χ4v) is 11.0. The van der Waals surface area contributed by atoms with Gasteiger partial charge >= 0.3 is 0 Å². The Morgan fingerprint density at radius 1 is 0.429 bits per heavy atom. The van der Waals surface area contributed by atoms with Crippen LogP contribution in [0.25, 0.3) is 0 Å². The highest BCUT2D eigenvalue weighted by Crippen LogP contribution is 2.48. The second-order valence-corrected chi connectivity index (χ2v) is 13.4. The second kappa shape index (κ2) is 21.8. The molecule has 0 amide bonds. The number of hydrogen-bond acceptors (Lipinski definition) is 5. The smallest absolute Gasteiger partial charge is 0.00454 e. The summed E-state index contributed by atoms with van der Waals surface area (Å²) in [5.74, 6) is 2.65. The summed E-state index contributed by atoms with van der Waals surface area (Å²) in [7, 11) is 9.98. The average Bonchev–Trinajstić information content (AvgIpc) is 2.50. The lowest BCUT2D eigenvalue weighted by atomic mass is 10.1. The highest BCUT2D eigenvalue weighted by molar-refractivity contribution is 9.35. The first kappa shape index (κ1) is 22.8. The van der Waals surface area contributed by atoms with E-state index in [0.717, 1.165) is 0 Å². The maximum Gasteiger partial charge on any atom is 0.00454 e. The molecule has 0 heterocycles. The molecule has 0 aromatic carbocycles. The van der Waals surface area contributed by atoms with Crippen LogP contribution < -0.4 is 0 Å². The minimum atomic E-state index is 1.33. The summed E-state index contributed by atoms with van der Waals surface area (Å²) in [6, 6.07) is 0. The highest BCUT2D eigenvalue weighted by Gasteiger charge is 1.96. The standard InChI is InChI=1S/C16H34S5/c1-3-5-7-9-11-13-15-17-19-21-20-18-16-14-12-10-8-6-4-2/h3-16H2,1-2H3. The van der Waals surface area contributed by atoms with Crippen molar-refractivity contribution in [1.29, 1.82) is 0 Å². The lowest BCUT2D eigenvalue weighted by Crippen LogP contribution is -1.80. The molecule has 0 saturated heterocycles. The normalized spacial score (nSPS) is 11.1. The van der Waals surface area contributed by atoms with Gasteiger partial charge in [-0.05, 0) is 42.3 Å². The van der Waals surface area contributed by atoms with Gasteiger partial charge in [0.05, 0.1) is 0 Å². The maximum absolute atomic E-state index is 2.28. The van der Waals surface area contributed by atoms with Gasteiger partial charge in [-0.3, -0.25) is 0 Å². The van der Waals surface area contributed by atoms with Crippen molar-refractivity contribution < 1.29 is 0 Å². The van der Waals surface area contributed by atoms with E-state index in [9.17, 15) is 0 Å². The lowest BCUT2D eigenvalue weighted by Gasteiger charge is -2.02. The number of unbranched alkanes of at least 4 members (excludes halogenated alkanes) is 10. The van der Waals surface area contributed by atoms with Gasteiger partial charge in [-0.1, -0.05) is 99.6 Å². The minimum Gasteiger partial charge on any atom is -0.0817 e. The third kappa shape index (κ3) is 21.8. The third-order valence-corrected chi connectivity index (χ3v) is 12.2. The predicted molar refractivity (Wildman–Crippen MR) is 114 cm³/mol. The molecule has 0 N–H and O–H groups in total. The quantitative estimate of drug-likeness (QED) is 0.170. The molecule has 0 bridgehead atoms. The Balaban J connectivity index is 2.90. The van der Waals surface area contributed by atoms with Crippen LogP contribution in [0.1, 0.15) is 90.9 Å². The van der Waals surface area contributed by atoms with Crippen molar-refractivity contribution in [3.05, 3.63) is 0 Å². The van der Waals surface area contributed by atoms with Gasteiger partial charge in [-0.25, -0.2) is 0 Å². The van der Waals surface area contributed by atoms with Gasteiger partial charge in [0.2, 0.25) is 0 Å². The monoisotopic (exact) mass is 386 g/mol. The van der Waals surface area contributed by atoms with Gasteiger partial charge in [0.1, 0.15) is 0 Å². The molecule has 0 aliphatic carbocycles. The van der Waals surface area contributed by atoms with E-state index in [0.29, 0.717) is 0 Å². The molecule has 0 unspecified atom stereocenters. The van der Waals surface area contributed by atoms with Crippen LogP contribution in [0.15, 0.2) is 0 Å². The Bertz CT molecular complexity index is 160. The topological polar surface area (TPSA) is 0 Å². The minimum absolute atomic E-state index is 1.33. The molecule has 5 heteroatoms. The Hall–Kier alpha value is 1.75. The van der Waals surface area contributed by atoms with Gasteiger partial charge in [-0.2, -0.15) is 0 Å². The maximum atomic E-state index is 2.28. The summed E-state index contributed by atoms with van der Waals surface area (Å²) in [5, 5.41) is 0. The average molecular weight is 387 g/mol. The van der Waals surface area contributed by atoms with E-state index in [1.54, 1.807) is 0 Å². The fraction of sp³-hybridized carbons (Fsp3) is 1.00. The van der Waals surface area contributed by atoms with Crippen LogP contribution in [0, 0.1) is 0 Å². The number of hydrogen-bond donors (Lipinski definition) is 0. The van der Waals surface area contributed by atoms with E-state index in [-0.39, 0.29) is 0 Å². The van der Waals surface area contributed by atoms with Gasteiger partial charge in [0, 0.05) is 11.5 Å². The van der Waals surface area contributed by atoms with Crippen LogP contribution in [0.2, 0.25) is 0 Å². The van der Waals surface area contributed by atoms with Gasteiger partial charge in [0.25, 0.3) is 0 Å². The Morgan fingerprint density at radius 2 is 0.810 bits per heavy atom. The molecular weight excluding hydrogens is 353 g/mol. The van der Waals surface area contributed by atoms with Crippen LogP contribution >= 0.6 is 51.1 Å². The summed E-state index contributed by atoms with van der Waals surface area (Å²) in [6.45, 7) is 4.57. The second-order valence-electron chi connectivity index (χ2n) is 5.38. The van der Waals surface area contributed by atoms with Crippen molar-refractivity contribution in [1.82, 2.24) is 0 Å². The van der Waals surface area contributed by atoms with Crippen LogP contribution in [0.3, 0.4) is 0 Å². The van der Waals surface area contributed by atoms with Crippen molar-refractivity contribution in [2.45, 2.75) is 90.9 Å². The molecule has 0 nitrogen and oxygen atoms in total. The number of rotatable bonds is 18. The van der Waals surface area contributed by atoms with Gasteiger partial charge in [0.15, 0.2) is 0 Å². The largest absolute Gasteiger partial charge is 0.0817 e. The van der Waals surface area contributed by atoms with Crippen molar-refractivity contribution in [3.63, 3.8) is 0 Å². The molecule has 0 aliphatic heterocycles. The summed E-state index contributed by atoms with van der Waals surface area (Å²) in [4.78, 5) is 0. The van der Waals surface area contributed by atoms with E-state index in [1.165, 1.54) is 88.6 Å². The molecule has 0 aliphatic rings.